The Hall–Kier alpha value is -2.43. The van der Waals surface area contributed by atoms with Gasteiger partial charge in [0.05, 0.1) is 16.3 Å². The molecule has 0 aliphatic carbocycles. The number of aryl methyl sites for hydroxylation is 1. The maximum Gasteiger partial charge on any atom is 0.243 e. The number of hydrogen-bond acceptors (Lipinski definition) is 6. The first-order valence-electron chi connectivity index (χ1n) is 8.70. The average molecular weight is 440 g/mol. The van der Waals surface area contributed by atoms with Gasteiger partial charge < -0.3 is 10.6 Å². The van der Waals surface area contributed by atoms with Gasteiger partial charge in [0.2, 0.25) is 15.9 Å². The zero-order chi connectivity index (χ0) is 22.0. The standard InChI is InChI=1S/C19H25N3O5S2/c1-13-10-17(29(26,27)22(3)4)11-18(14(13)2)20-12-19(23)21-15-6-8-16(9-7-15)28(5,24)25/h6-11,20H,12H2,1-5H3,(H,21,23). The van der Waals surface area contributed by atoms with E-state index in [4.69, 9.17) is 0 Å². The van der Waals surface area contributed by atoms with Crippen molar-refractivity contribution in [3.05, 3.63) is 47.5 Å². The molecule has 0 unspecified atom stereocenters. The molecular weight excluding hydrogens is 414 g/mol. The van der Waals surface area contributed by atoms with Crippen molar-refractivity contribution in [3.8, 4) is 0 Å². The number of nitrogens with one attached hydrogen (secondary N) is 2. The highest BCUT2D eigenvalue weighted by molar-refractivity contribution is 7.90. The van der Waals surface area contributed by atoms with E-state index in [2.05, 4.69) is 10.6 Å². The molecule has 0 heterocycles. The third-order valence-electron chi connectivity index (χ3n) is 4.43. The van der Waals surface area contributed by atoms with Gasteiger partial charge in [0.1, 0.15) is 0 Å². The quantitative estimate of drug-likeness (QED) is 0.682. The molecule has 2 aromatic carbocycles. The summed E-state index contributed by atoms with van der Waals surface area (Å²) in [6.45, 7) is 3.56. The van der Waals surface area contributed by atoms with Crippen LogP contribution >= 0.6 is 0 Å². The van der Waals surface area contributed by atoms with Crippen molar-refractivity contribution >= 4 is 37.1 Å². The first kappa shape index (κ1) is 22.9. The Morgan fingerprint density at radius 2 is 1.55 bits per heavy atom. The fraction of sp³-hybridized carbons (Fsp3) is 0.316. The van der Waals surface area contributed by atoms with Gasteiger partial charge in [-0.25, -0.2) is 21.1 Å². The van der Waals surface area contributed by atoms with E-state index in [0.717, 1.165) is 21.7 Å². The Morgan fingerprint density at radius 3 is 2.07 bits per heavy atom. The number of rotatable bonds is 7. The second kappa shape index (κ2) is 8.52. The molecule has 0 aliphatic heterocycles. The van der Waals surface area contributed by atoms with Gasteiger partial charge in [-0.3, -0.25) is 4.79 Å². The average Bonchev–Trinajstić information content (AvgIpc) is 2.62. The number of benzene rings is 2. The van der Waals surface area contributed by atoms with Crippen molar-refractivity contribution in [2.24, 2.45) is 0 Å². The largest absolute Gasteiger partial charge is 0.376 e. The minimum atomic E-state index is -3.60. The Labute approximate surface area is 171 Å². The topological polar surface area (TPSA) is 113 Å². The van der Waals surface area contributed by atoms with Crippen LogP contribution < -0.4 is 10.6 Å². The van der Waals surface area contributed by atoms with E-state index in [1.54, 1.807) is 13.0 Å². The van der Waals surface area contributed by atoms with E-state index < -0.39 is 19.9 Å². The number of carbonyl (C=O) groups is 1. The fourth-order valence-electron chi connectivity index (χ4n) is 2.54. The predicted molar refractivity (Wildman–Crippen MR) is 113 cm³/mol. The van der Waals surface area contributed by atoms with E-state index >= 15 is 0 Å². The number of sulfonamides is 1. The van der Waals surface area contributed by atoms with Crippen LogP contribution in [0.2, 0.25) is 0 Å². The van der Waals surface area contributed by atoms with Gasteiger partial charge in [0.15, 0.2) is 9.84 Å². The monoisotopic (exact) mass is 439 g/mol. The molecule has 0 saturated carbocycles. The number of hydrogen-bond donors (Lipinski definition) is 2. The van der Waals surface area contributed by atoms with E-state index in [9.17, 15) is 21.6 Å². The molecule has 2 rings (SSSR count). The van der Waals surface area contributed by atoms with E-state index in [-0.39, 0.29) is 22.2 Å². The summed E-state index contributed by atoms with van der Waals surface area (Å²) < 4.78 is 48.9. The van der Waals surface area contributed by atoms with Crippen LogP contribution in [-0.4, -0.2) is 53.9 Å². The van der Waals surface area contributed by atoms with Crippen molar-refractivity contribution in [1.82, 2.24) is 4.31 Å². The second-order valence-corrected chi connectivity index (χ2v) is 11.1. The van der Waals surface area contributed by atoms with Gasteiger partial charge in [-0.15, -0.1) is 0 Å². The molecule has 2 N–H and O–H groups in total. The van der Waals surface area contributed by atoms with Gasteiger partial charge in [-0.2, -0.15) is 0 Å². The molecule has 8 nitrogen and oxygen atoms in total. The summed E-state index contributed by atoms with van der Waals surface area (Å²) in [6.07, 6.45) is 1.11. The predicted octanol–water partition coefficient (Wildman–Crippen LogP) is 2.01. The summed E-state index contributed by atoms with van der Waals surface area (Å²) >= 11 is 0. The molecule has 0 aliphatic rings. The first-order chi connectivity index (χ1) is 13.3. The smallest absolute Gasteiger partial charge is 0.243 e. The summed E-state index contributed by atoms with van der Waals surface area (Å²) in [5.74, 6) is -0.352. The van der Waals surface area contributed by atoms with Crippen LogP contribution in [0.5, 0.6) is 0 Å². The van der Waals surface area contributed by atoms with Crippen LogP contribution in [0, 0.1) is 13.8 Å². The number of sulfone groups is 1. The third-order valence-corrected chi connectivity index (χ3v) is 7.35. The highest BCUT2D eigenvalue weighted by Gasteiger charge is 2.19. The Kier molecular flexibility index (Phi) is 6.71. The molecule has 10 heteroatoms. The van der Waals surface area contributed by atoms with Gasteiger partial charge in [0, 0.05) is 31.7 Å². The number of carbonyl (C=O) groups excluding carboxylic acids is 1. The second-order valence-electron chi connectivity index (χ2n) is 6.90. The van der Waals surface area contributed by atoms with Crippen LogP contribution in [0.4, 0.5) is 11.4 Å². The van der Waals surface area contributed by atoms with Crippen LogP contribution in [-0.2, 0) is 24.7 Å². The van der Waals surface area contributed by atoms with Crippen LogP contribution in [0.3, 0.4) is 0 Å². The molecule has 0 aromatic heterocycles. The highest BCUT2D eigenvalue weighted by Crippen LogP contribution is 2.25. The van der Waals surface area contributed by atoms with E-state index in [0.29, 0.717) is 11.4 Å². The van der Waals surface area contributed by atoms with E-state index in [1.165, 1.54) is 44.4 Å². The van der Waals surface area contributed by atoms with Crippen LogP contribution in [0.25, 0.3) is 0 Å². The van der Waals surface area contributed by atoms with Crippen molar-refractivity contribution in [3.63, 3.8) is 0 Å². The van der Waals surface area contributed by atoms with Gasteiger partial charge in [0.25, 0.3) is 0 Å². The zero-order valence-corrected chi connectivity index (χ0v) is 18.6. The van der Waals surface area contributed by atoms with Crippen molar-refractivity contribution in [2.45, 2.75) is 23.6 Å². The molecule has 0 atom stereocenters. The summed E-state index contributed by atoms with van der Waals surface area (Å²) in [6, 6.07) is 8.95. The first-order valence-corrected chi connectivity index (χ1v) is 12.0. The summed E-state index contributed by atoms with van der Waals surface area (Å²) in [5.41, 5.74) is 2.63. The number of nitrogens with zero attached hydrogens (tertiary/aromatic N) is 1. The van der Waals surface area contributed by atoms with Crippen LogP contribution in [0.15, 0.2) is 46.2 Å². The summed E-state index contributed by atoms with van der Waals surface area (Å²) in [5, 5.41) is 5.64. The third kappa shape index (κ3) is 5.55. The number of amides is 1. The van der Waals surface area contributed by atoms with Crippen molar-refractivity contribution in [1.29, 1.82) is 0 Å². The maximum absolute atomic E-state index is 12.4. The van der Waals surface area contributed by atoms with Gasteiger partial charge in [-0.1, -0.05) is 0 Å². The lowest BCUT2D eigenvalue weighted by Gasteiger charge is -2.17. The molecule has 0 radical (unpaired) electrons. The lowest BCUT2D eigenvalue weighted by molar-refractivity contribution is -0.114. The summed E-state index contributed by atoms with van der Waals surface area (Å²) in [4.78, 5) is 12.5. The molecule has 0 fully saturated rings. The molecule has 0 spiro atoms. The number of anilines is 2. The minimum Gasteiger partial charge on any atom is -0.376 e. The lowest BCUT2D eigenvalue weighted by atomic mass is 10.1. The SMILES string of the molecule is Cc1cc(S(=O)(=O)N(C)C)cc(NCC(=O)Nc2ccc(S(C)(=O)=O)cc2)c1C. The Balaban J connectivity index is 2.13. The Morgan fingerprint density at radius 1 is 0.966 bits per heavy atom. The zero-order valence-electron chi connectivity index (χ0n) is 17.0. The van der Waals surface area contributed by atoms with Gasteiger partial charge in [-0.05, 0) is 61.4 Å². The molecule has 2 aromatic rings. The van der Waals surface area contributed by atoms with E-state index in [1.807, 2.05) is 6.92 Å². The summed E-state index contributed by atoms with van der Waals surface area (Å²) in [7, 11) is -3.98. The lowest BCUT2D eigenvalue weighted by Crippen LogP contribution is -2.24. The molecule has 1 amide bonds. The minimum absolute atomic E-state index is 0.0838. The molecular formula is C19H25N3O5S2. The molecule has 158 valence electrons. The van der Waals surface area contributed by atoms with Crippen molar-refractivity contribution < 1.29 is 21.6 Å². The van der Waals surface area contributed by atoms with Crippen molar-refractivity contribution in [2.75, 3.05) is 37.5 Å². The normalized spacial score (nSPS) is 12.1. The van der Waals surface area contributed by atoms with Gasteiger partial charge >= 0.3 is 0 Å². The maximum atomic E-state index is 12.4. The highest BCUT2D eigenvalue weighted by atomic mass is 32.2. The Bertz CT molecular complexity index is 1120. The fourth-order valence-corrected chi connectivity index (χ4v) is 4.18. The molecule has 29 heavy (non-hydrogen) atoms. The molecule has 0 saturated heterocycles. The molecule has 0 bridgehead atoms. The van der Waals surface area contributed by atoms with Crippen LogP contribution in [0.1, 0.15) is 11.1 Å².